The van der Waals surface area contributed by atoms with E-state index in [0.717, 1.165) is 50.2 Å². The van der Waals surface area contributed by atoms with Crippen molar-refractivity contribution in [3.8, 4) is 0 Å². The maximum absolute atomic E-state index is 4.70. The number of guanidine groups is 1. The molecule has 1 fully saturated rings. The molecule has 27 heavy (non-hydrogen) atoms. The van der Waals surface area contributed by atoms with Crippen molar-refractivity contribution >= 4 is 29.9 Å². The zero-order valence-electron chi connectivity index (χ0n) is 17.6. The molecule has 0 amide bonds. The number of nitrogens with one attached hydrogen (secondary N) is 2. The average molecular weight is 490 g/mol. The summed E-state index contributed by atoms with van der Waals surface area (Å²) in [5.41, 5.74) is 2.31. The van der Waals surface area contributed by atoms with Crippen molar-refractivity contribution in [2.75, 3.05) is 39.3 Å². The van der Waals surface area contributed by atoms with Gasteiger partial charge in [-0.1, -0.05) is 6.92 Å². The molecule has 1 aromatic rings. The zero-order valence-corrected chi connectivity index (χ0v) is 20.0. The average Bonchev–Trinajstić information content (AvgIpc) is 2.94. The first-order valence-electron chi connectivity index (χ1n) is 10.3. The lowest BCUT2D eigenvalue weighted by Gasteiger charge is -2.30. The highest BCUT2D eigenvalue weighted by molar-refractivity contribution is 14.0. The first-order chi connectivity index (χ1) is 12.6. The highest BCUT2D eigenvalue weighted by Gasteiger charge is 2.14. The van der Waals surface area contributed by atoms with Crippen molar-refractivity contribution in [3.63, 3.8) is 0 Å². The normalized spacial score (nSPS) is 16.2. The van der Waals surface area contributed by atoms with Gasteiger partial charge in [0.1, 0.15) is 0 Å². The summed E-state index contributed by atoms with van der Waals surface area (Å²) < 4.78 is 2.07. The number of nitrogens with zero attached hydrogens (tertiary/aromatic N) is 4. The molecule has 0 aliphatic carbocycles. The van der Waals surface area contributed by atoms with Gasteiger partial charge in [0.25, 0.3) is 0 Å². The van der Waals surface area contributed by atoms with Gasteiger partial charge in [0.05, 0.1) is 5.69 Å². The molecule has 0 spiro atoms. The molecule has 156 valence electrons. The number of aromatic nitrogens is 2. The fraction of sp³-hybridized carbons (Fsp3) is 0.800. The van der Waals surface area contributed by atoms with Gasteiger partial charge in [-0.25, -0.2) is 0 Å². The molecule has 6 nitrogen and oxygen atoms in total. The Morgan fingerprint density at radius 1 is 1.19 bits per heavy atom. The Morgan fingerprint density at radius 3 is 2.56 bits per heavy atom. The van der Waals surface area contributed by atoms with E-state index in [2.05, 4.69) is 52.2 Å². The Morgan fingerprint density at radius 2 is 1.93 bits per heavy atom. The lowest BCUT2D eigenvalue weighted by Crippen LogP contribution is -2.39. The molecule has 1 aliphatic rings. The van der Waals surface area contributed by atoms with Crippen LogP contribution >= 0.6 is 24.0 Å². The molecule has 7 heteroatoms. The van der Waals surface area contributed by atoms with Crippen LogP contribution in [0.25, 0.3) is 0 Å². The van der Waals surface area contributed by atoms with Gasteiger partial charge in [-0.2, -0.15) is 5.10 Å². The molecule has 1 saturated heterocycles. The van der Waals surface area contributed by atoms with Crippen molar-refractivity contribution in [2.45, 2.75) is 59.9 Å². The quantitative estimate of drug-likeness (QED) is 0.242. The molecule has 0 aromatic carbocycles. The van der Waals surface area contributed by atoms with Crippen LogP contribution in [0.1, 0.15) is 50.9 Å². The SMILES string of the molecule is CCNC(=NCCCn1nc(C)cc1C)NCCCN1CCC(C)CC1.I. The predicted molar refractivity (Wildman–Crippen MR) is 125 cm³/mol. The molecular formula is C20H39IN6. The third-order valence-corrected chi connectivity index (χ3v) is 5.07. The highest BCUT2D eigenvalue weighted by Crippen LogP contribution is 2.15. The number of piperidine rings is 1. The van der Waals surface area contributed by atoms with Crippen LogP contribution in [0.5, 0.6) is 0 Å². The minimum atomic E-state index is 0. The minimum Gasteiger partial charge on any atom is -0.357 e. The molecule has 0 unspecified atom stereocenters. The van der Waals surface area contributed by atoms with Gasteiger partial charge >= 0.3 is 0 Å². The number of hydrogen-bond donors (Lipinski definition) is 2. The summed E-state index contributed by atoms with van der Waals surface area (Å²) in [6, 6.07) is 2.12. The van der Waals surface area contributed by atoms with Gasteiger partial charge < -0.3 is 15.5 Å². The zero-order chi connectivity index (χ0) is 18.8. The van der Waals surface area contributed by atoms with Crippen LogP contribution in [0.2, 0.25) is 0 Å². The fourth-order valence-corrected chi connectivity index (χ4v) is 3.45. The maximum Gasteiger partial charge on any atom is 0.191 e. The topological polar surface area (TPSA) is 57.5 Å². The third-order valence-electron chi connectivity index (χ3n) is 5.07. The van der Waals surface area contributed by atoms with E-state index in [-0.39, 0.29) is 24.0 Å². The molecule has 1 aliphatic heterocycles. The lowest BCUT2D eigenvalue weighted by atomic mass is 9.99. The minimum absolute atomic E-state index is 0. The van der Waals surface area contributed by atoms with E-state index in [4.69, 9.17) is 4.99 Å². The molecular weight excluding hydrogens is 451 g/mol. The Kier molecular flexibility index (Phi) is 12.0. The van der Waals surface area contributed by atoms with Crippen molar-refractivity contribution in [3.05, 3.63) is 17.5 Å². The van der Waals surface area contributed by atoms with Crippen molar-refractivity contribution in [1.82, 2.24) is 25.3 Å². The summed E-state index contributed by atoms with van der Waals surface area (Å²) in [4.78, 5) is 7.30. The van der Waals surface area contributed by atoms with Gasteiger partial charge in [0.15, 0.2) is 5.96 Å². The standard InChI is InChI=1S/C20H38N6.HI/c1-5-21-20(22-10-6-12-25-14-8-17(2)9-15-25)23-11-7-13-26-19(4)16-18(3)24-26;/h16-17H,5-15H2,1-4H3,(H2,21,22,23);1H. The van der Waals surface area contributed by atoms with Gasteiger partial charge in [-0.05, 0) is 78.1 Å². The monoisotopic (exact) mass is 490 g/mol. The third kappa shape index (κ3) is 9.27. The van der Waals surface area contributed by atoms with Gasteiger partial charge in [-0.15, -0.1) is 24.0 Å². The van der Waals surface area contributed by atoms with E-state index in [0.29, 0.717) is 0 Å². The van der Waals surface area contributed by atoms with E-state index in [1.54, 1.807) is 0 Å². The van der Waals surface area contributed by atoms with E-state index in [1.165, 1.54) is 44.6 Å². The Hall–Kier alpha value is -0.830. The molecule has 0 bridgehead atoms. The van der Waals surface area contributed by atoms with Crippen LogP contribution in [0.15, 0.2) is 11.1 Å². The second kappa shape index (κ2) is 13.4. The molecule has 2 N–H and O–H groups in total. The first kappa shape index (κ1) is 24.2. The van der Waals surface area contributed by atoms with Crippen LogP contribution in [-0.4, -0.2) is 59.9 Å². The molecule has 0 radical (unpaired) electrons. The Balaban J connectivity index is 0.00000364. The first-order valence-corrected chi connectivity index (χ1v) is 10.3. The lowest BCUT2D eigenvalue weighted by molar-refractivity contribution is 0.191. The number of aryl methyl sites for hydroxylation is 3. The van der Waals surface area contributed by atoms with Gasteiger partial charge in [-0.3, -0.25) is 9.67 Å². The summed E-state index contributed by atoms with van der Waals surface area (Å²) in [5, 5.41) is 11.3. The Bertz CT molecular complexity index is 549. The van der Waals surface area contributed by atoms with E-state index in [9.17, 15) is 0 Å². The molecule has 2 heterocycles. The van der Waals surface area contributed by atoms with Crippen LogP contribution in [0.3, 0.4) is 0 Å². The predicted octanol–water partition coefficient (Wildman–Crippen LogP) is 3.19. The molecule has 2 rings (SSSR count). The summed E-state index contributed by atoms with van der Waals surface area (Å²) in [6.45, 7) is 16.0. The molecule has 0 atom stereocenters. The Labute approximate surface area is 182 Å². The van der Waals surface area contributed by atoms with Crippen LogP contribution in [0.4, 0.5) is 0 Å². The van der Waals surface area contributed by atoms with Gasteiger partial charge in [0.2, 0.25) is 0 Å². The largest absolute Gasteiger partial charge is 0.357 e. The van der Waals surface area contributed by atoms with Crippen molar-refractivity contribution < 1.29 is 0 Å². The number of likely N-dealkylation sites (tertiary alicyclic amines) is 1. The number of halogens is 1. The van der Waals surface area contributed by atoms with Crippen LogP contribution < -0.4 is 10.6 Å². The summed E-state index contributed by atoms with van der Waals surface area (Å²) in [5.74, 6) is 1.85. The number of aliphatic imine (C=N–C) groups is 1. The summed E-state index contributed by atoms with van der Waals surface area (Å²) in [6.07, 6.45) is 4.88. The highest BCUT2D eigenvalue weighted by atomic mass is 127. The van der Waals surface area contributed by atoms with E-state index < -0.39 is 0 Å². The van der Waals surface area contributed by atoms with Crippen LogP contribution in [0, 0.1) is 19.8 Å². The van der Waals surface area contributed by atoms with Crippen LogP contribution in [-0.2, 0) is 6.54 Å². The van der Waals surface area contributed by atoms with E-state index in [1.807, 2.05) is 6.92 Å². The van der Waals surface area contributed by atoms with Crippen molar-refractivity contribution in [1.29, 1.82) is 0 Å². The fourth-order valence-electron chi connectivity index (χ4n) is 3.45. The molecule has 0 saturated carbocycles. The summed E-state index contributed by atoms with van der Waals surface area (Å²) >= 11 is 0. The maximum atomic E-state index is 4.70. The molecule has 1 aromatic heterocycles. The van der Waals surface area contributed by atoms with E-state index >= 15 is 0 Å². The summed E-state index contributed by atoms with van der Waals surface area (Å²) in [7, 11) is 0. The number of hydrogen-bond acceptors (Lipinski definition) is 3. The van der Waals surface area contributed by atoms with Crippen molar-refractivity contribution in [2.24, 2.45) is 10.9 Å². The smallest absolute Gasteiger partial charge is 0.191 e. The van der Waals surface area contributed by atoms with Gasteiger partial charge in [0, 0.05) is 31.9 Å². The second-order valence-electron chi connectivity index (χ2n) is 7.57. The number of rotatable bonds is 9. The second-order valence-corrected chi connectivity index (χ2v) is 7.57.